The summed E-state index contributed by atoms with van der Waals surface area (Å²) >= 11 is 1.51. The number of hydrogen-bond acceptors (Lipinski definition) is 4. The highest BCUT2D eigenvalue weighted by Gasteiger charge is 2.35. The number of rotatable bonds is 3. The summed E-state index contributed by atoms with van der Waals surface area (Å²) in [6, 6.07) is 17.0. The zero-order valence-corrected chi connectivity index (χ0v) is 13.7. The molecule has 4 nitrogen and oxygen atoms in total. The monoisotopic (exact) mass is 321 g/mol. The Hall–Kier alpha value is -2.58. The molecule has 114 valence electrons. The summed E-state index contributed by atoms with van der Waals surface area (Å²) in [4.78, 5) is 13.7. The van der Waals surface area contributed by atoms with E-state index in [0.29, 0.717) is 11.3 Å². The Morgan fingerprint density at radius 2 is 1.74 bits per heavy atom. The normalized spacial score (nSPS) is 17.1. The van der Waals surface area contributed by atoms with Crippen molar-refractivity contribution in [3.05, 3.63) is 59.7 Å². The summed E-state index contributed by atoms with van der Waals surface area (Å²) in [5.74, 6) is -0.0576. The van der Waals surface area contributed by atoms with Crippen LogP contribution >= 0.6 is 11.8 Å². The van der Waals surface area contributed by atoms with Crippen LogP contribution in [0.15, 0.2) is 58.5 Å². The largest absolute Gasteiger partial charge is 0.271 e. The molecule has 0 N–H and O–H groups in total. The molecule has 0 fully saturated rings. The van der Waals surface area contributed by atoms with Gasteiger partial charge < -0.3 is 0 Å². The van der Waals surface area contributed by atoms with Crippen LogP contribution in [0.25, 0.3) is 0 Å². The number of benzene rings is 2. The van der Waals surface area contributed by atoms with Crippen LogP contribution < -0.4 is 5.01 Å². The number of aryl methyl sites for hydroxylation is 1. The first-order valence-electron chi connectivity index (χ1n) is 7.21. The Morgan fingerprint density at radius 3 is 2.35 bits per heavy atom. The molecule has 0 bridgehead atoms. The summed E-state index contributed by atoms with van der Waals surface area (Å²) < 4.78 is 0. The number of amides is 1. The van der Waals surface area contributed by atoms with Gasteiger partial charge in [0.05, 0.1) is 23.0 Å². The van der Waals surface area contributed by atoms with Crippen molar-refractivity contribution in [1.82, 2.24) is 0 Å². The van der Waals surface area contributed by atoms with Crippen molar-refractivity contribution >= 4 is 29.1 Å². The fourth-order valence-electron chi connectivity index (χ4n) is 2.30. The zero-order chi connectivity index (χ0) is 16.4. The van der Waals surface area contributed by atoms with Gasteiger partial charge in [-0.3, -0.25) is 4.79 Å². The molecule has 0 saturated heterocycles. The van der Waals surface area contributed by atoms with Gasteiger partial charge in [-0.2, -0.15) is 15.4 Å². The van der Waals surface area contributed by atoms with Crippen molar-refractivity contribution in [3.8, 4) is 6.07 Å². The Bertz CT molecular complexity index is 804. The number of carbonyl (C=O) groups is 1. The van der Waals surface area contributed by atoms with Crippen LogP contribution in [0.3, 0.4) is 0 Å². The molecule has 1 aliphatic rings. The predicted octanol–water partition coefficient (Wildman–Crippen LogP) is 3.75. The lowest BCUT2D eigenvalue weighted by atomic mass is 10.2. The molecule has 2 aromatic rings. The Balaban J connectivity index is 1.80. The number of nitrogens with zero attached hydrogens (tertiary/aromatic N) is 3. The predicted molar refractivity (Wildman–Crippen MR) is 92.6 cm³/mol. The van der Waals surface area contributed by atoms with Crippen LogP contribution in [0, 0.1) is 18.3 Å². The van der Waals surface area contributed by atoms with E-state index in [1.807, 2.05) is 38.1 Å². The molecular weight excluding hydrogens is 306 g/mol. The number of hydrazone groups is 1. The average Bonchev–Trinajstić information content (AvgIpc) is 2.85. The molecule has 1 unspecified atom stereocenters. The molecule has 3 rings (SSSR count). The maximum Gasteiger partial charge on any atom is 0.266 e. The number of thioether (sulfide) groups is 1. The second-order valence-electron chi connectivity index (χ2n) is 5.36. The number of carbonyl (C=O) groups excluding carboxylic acids is 1. The smallest absolute Gasteiger partial charge is 0.266 e. The zero-order valence-electron chi connectivity index (χ0n) is 12.9. The lowest BCUT2D eigenvalue weighted by Crippen LogP contribution is -2.28. The molecule has 2 aromatic carbocycles. The number of anilines is 1. The minimum Gasteiger partial charge on any atom is -0.271 e. The molecule has 1 aliphatic heterocycles. The lowest BCUT2D eigenvalue weighted by molar-refractivity contribution is -0.116. The minimum absolute atomic E-state index is 0.0576. The van der Waals surface area contributed by atoms with E-state index in [4.69, 9.17) is 5.26 Å². The molecule has 5 heteroatoms. The van der Waals surface area contributed by atoms with Crippen molar-refractivity contribution in [1.29, 1.82) is 5.26 Å². The summed E-state index contributed by atoms with van der Waals surface area (Å²) in [5.41, 5.74) is 3.22. The third-order valence-electron chi connectivity index (χ3n) is 3.59. The van der Waals surface area contributed by atoms with Gasteiger partial charge in [0.2, 0.25) is 0 Å². The molecule has 23 heavy (non-hydrogen) atoms. The van der Waals surface area contributed by atoms with Gasteiger partial charge in [-0.15, -0.1) is 11.8 Å². The first-order valence-corrected chi connectivity index (χ1v) is 8.09. The van der Waals surface area contributed by atoms with Gasteiger partial charge in [-0.25, -0.2) is 0 Å². The molecular formula is C18H15N3OS. The molecule has 1 amide bonds. The fraction of sp³-hybridized carbons (Fsp3) is 0.167. The summed E-state index contributed by atoms with van der Waals surface area (Å²) in [6.45, 7) is 3.90. The van der Waals surface area contributed by atoms with Gasteiger partial charge in [-0.05, 0) is 50.2 Å². The van der Waals surface area contributed by atoms with E-state index in [1.54, 1.807) is 24.3 Å². The van der Waals surface area contributed by atoms with Crippen LogP contribution in [0.2, 0.25) is 0 Å². The maximum atomic E-state index is 12.7. The topological polar surface area (TPSA) is 56.5 Å². The standard InChI is InChI=1S/C18H15N3OS/c1-12-3-9-16(10-4-12)23-17-13(2)20-21(18(17)22)15-7-5-14(11-19)6-8-15/h3-10,17H,1-2H3. The van der Waals surface area contributed by atoms with Crippen molar-refractivity contribution < 1.29 is 4.79 Å². The van der Waals surface area contributed by atoms with Crippen LogP contribution in [0.4, 0.5) is 5.69 Å². The molecule has 0 radical (unpaired) electrons. The average molecular weight is 321 g/mol. The van der Waals surface area contributed by atoms with E-state index in [0.717, 1.165) is 10.6 Å². The SMILES string of the molecule is CC1=NN(c2ccc(C#N)cc2)C(=O)C1Sc1ccc(C)cc1. The van der Waals surface area contributed by atoms with Gasteiger partial charge in [0.1, 0.15) is 5.25 Å². The van der Waals surface area contributed by atoms with E-state index in [9.17, 15) is 4.79 Å². The second kappa shape index (κ2) is 6.27. The Morgan fingerprint density at radius 1 is 1.09 bits per heavy atom. The summed E-state index contributed by atoms with van der Waals surface area (Å²) in [5, 5.41) is 14.3. The van der Waals surface area contributed by atoms with E-state index < -0.39 is 0 Å². The molecule has 0 spiro atoms. The van der Waals surface area contributed by atoms with Crippen molar-refractivity contribution in [3.63, 3.8) is 0 Å². The van der Waals surface area contributed by atoms with E-state index in [2.05, 4.69) is 11.2 Å². The third-order valence-corrected chi connectivity index (χ3v) is 4.91. The summed E-state index contributed by atoms with van der Waals surface area (Å²) in [6.07, 6.45) is 0. The summed E-state index contributed by atoms with van der Waals surface area (Å²) in [7, 11) is 0. The van der Waals surface area contributed by atoms with E-state index >= 15 is 0 Å². The van der Waals surface area contributed by atoms with Crippen molar-refractivity contribution in [2.75, 3.05) is 5.01 Å². The minimum atomic E-state index is -0.312. The molecule has 0 saturated carbocycles. The van der Waals surface area contributed by atoms with Crippen LogP contribution in [0.1, 0.15) is 18.1 Å². The van der Waals surface area contributed by atoms with Gasteiger partial charge in [-0.1, -0.05) is 17.7 Å². The highest BCUT2D eigenvalue weighted by atomic mass is 32.2. The quantitative estimate of drug-likeness (QED) is 0.865. The van der Waals surface area contributed by atoms with E-state index in [-0.39, 0.29) is 11.2 Å². The van der Waals surface area contributed by atoms with E-state index in [1.165, 1.54) is 22.3 Å². The highest BCUT2D eigenvalue weighted by molar-refractivity contribution is 8.01. The van der Waals surface area contributed by atoms with Gasteiger partial charge in [0.15, 0.2) is 0 Å². The maximum absolute atomic E-state index is 12.7. The number of nitriles is 1. The Kier molecular flexibility index (Phi) is 4.18. The van der Waals surface area contributed by atoms with Crippen molar-refractivity contribution in [2.45, 2.75) is 24.0 Å². The molecule has 0 aromatic heterocycles. The highest BCUT2D eigenvalue weighted by Crippen LogP contribution is 2.31. The molecule has 1 heterocycles. The second-order valence-corrected chi connectivity index (χ2v) is 6.54. The first kappa shape index (κ1) is 15.3. The number of hydrogen-bond donors (Lipinski definition) is 0. The van der Waals surface area contributed by atoms with Crippen LogP contribution in [0.5, 0.6) is 0 Å². The molecule has 0 aliphatic carbocycles. The van der Waals surface area contributed by atoms with Crippen LogP contribution in [-0.4, -0.2) is 16.9 Å². The van der Waals surface area contributed by atoms with Gasteiger partial charge in [0, 0.05) is 4.90 Å². The lowest BCUT2D eigenvalue weighted by Gasteiger charge is -2.14. The molecule has 1 atom stereocenters. The van der Waals surface area contributed by atoms with Gasteiger partial charge in [0.25, 0.3) is 5.91 Å². The first-order chi connectivity index (χ1) is 11.1. The Labute approximate surface area is 139 Å². The van der Waals surface area contributed by atoms with Crippen molar-refractivity contribution in [2.24, 2.45) is 5.10 Å². The van der Waals surface area contributed by atoms with Gasteiger partial charge >= 0.3 is 0 Å². The third kappa shape index (κ3) is 3.13. The van der Waals surface area contributed by atoms with Crippen LogP contribution in [-0.2, 0) is 4.79 Å². The fourth-order valence-corrected chi connectivity index (χ4v) is 3.28.